The van der Waals surface area contributed by atoms with Gasteiger partial charge in [-0.15, -0.1) is 12.3 Å². The van der Waals surface area contributed by atoms with E-state index in [9.17, 15) is 10.1 Å². The fourth-order valence-corrected chi connectivity index (χ4v) is 1.70. The van der Waals surface area contributed by atoms with Gasteiger partial charge in [0.2, 0.25) is 0 Å². The second-order valence-electron chi connectivity index (χ2n) is 4.52. The maximum absolute atomic E-state index is 10.9. The number of rotatable bonds is 7. The maximum atomic E-state index is 10.9. The average molecular weight is 260 g/mol. The number of hydrogen-bond donors (Lipinski definition) is 1. The van der Waals surface area contributed by atoms with Crippen LogP contribution in [0.5, 0.6) is 5.75 Å². The minimum atomic E-state index is -0.441. The molecule has 1 saturated carbocycles. The molecule has 1 aromatic carbocycles. The van der Waals surface area contributed by atoms with Crippen molar-refractivity contribution in [2.45, 2.75) is 31.8 Å². The van der Waals surface area contributed by atoms with Crippen LogP contribution in [-0.2, 0) is 6.54 Å². The Morgan fingerprint density at radius 2 is 2.32 bits per heavy atom. The lowest BCUT2D eigenvalue weighted by molar-refractivity contribution is -0.385. The Morgan fingerprint density at radius 3 is 2.95 bits per heavy atom. The second kappa shape index (κ2) is 6.21. The van der Waals surface area contributed by atoms with Crippen LogP contribution in [0.1, 0.15) is 24.8 Å². The van der Waals surface area contributed by atoms with Crippen LogP contribution in [0.3, 0.4) is 0 Å². The molecular formula is C14H16N2O3. The van der Waals surface area contributed by atoms with Gasteiger partial charge in [-0.3, -0.25) is 10.1 Å². The van der Waals surface area contributed by atoms with Gasteiger partial charge in [-0.1, -0.05) is 6.07 Å². The topological polar surface area (TPSA) is 64.4 Å². The van der Waals surface area contributed by atoms with E-state index in [4.69, 9.17) is 11.2 Å². The predicted octanol–water partition coefficient (Wildman–Crippen LogP) is 2.25. The molecule has 5 heteroatoms. The maximum Gasteiger partial charge on any atom is 0.310 e. The summed E-state index contributed by atoms with van der Waals surface area (Å²) in [6.45, 7) is 0.991. The highest BCUT2D eigenvalue weighted by molar-refractivity contribution is 5.48. The molecular weight excluding hydrogens is 244 g/mol. The first-order valence-electron chi connectivity index (χ1n) is 6.27. The third-order valence-corrected chi connectivity index (χ3v) is 2.90. The number of benzene rings is 1. The van der Waals surface area contributed by atoms with E-state index in [-0.39, 0.29) is 18.0 Å². The highest BCUT2D eigenvalue weighted by Crippen LogP contribution is 2.28. The van der Waals surface area contributed by atoms with Crippen LogP contribution in [-0.4, -0.2) is 17.6 Å². The number of nitro groups is 1. The SMILES string of the molecule is C#CCCOc1cc(CNC2CC2)ccc1[N+](=O)[O-]. The monoisotopic (exact) mass is 260 g/mol. The van der Waals surface area contributed by atoms with E-state index >= 15 is 0 Å². The minimum absolute atomic E-state index is 0.0211. The molecule has 1 fully saturated rings. The van der Waals surface area contributed by atoms with Gasteiger partial charge in [-0.2, -0.15) is 0 Å². The Labute approximate surface area is 112 Å². The van der Waals surface area contributed by atoms with Gasteiger partial charge in [0.25, 0.3) is 0 Å². The molecule has 0 aromatic heterocycles. The van der Waals surface area contributed by atoms with Crippen molar-refractivity contribution >= 4 is 5.69 Å². The Bertz CT molecular complexity index is 504. The minimum Gasteiger partial charge on any atom is -0.486 e. The lowest BCUT2D eigenvalue weighted by Gasteiger charge is -2.08. The van der Waals surface area contributed by atoms with Crippen LogP contribution in [0.15, 0.2) is 18.2 Å². The number of nitro benzene ring substituents is 1. The molecule has 0 spiro atoms. The Morgan fingerprint density at radius 1 is 1.53 bits per heavy atom. The molecule has 0 atom stereocenters. The van der Waals surface area contributed by atoms with E-state index < -0.39 is 4.92 Å². The summed E-state index contributed by atoms with van der Waals surface area (Å²) in [6.07, 6.45) is 7.98. The summed E-state index contributed by atoms with van der Waals surface area (Å²) in [5.74, 6) is 2.73. The molecule has 0 heterocycles. The van der Waals surface area contributed by atoms with Crippen LogP contribution in [0.25, 0.3) is 0 Å². The Hall–Kier alpha value is -2.06. The van der Waals surface area contributed by atoms with E-state index in [0.29, 0.717) is 19.0 Å². The van der Waals surface area contributed by atoms with Crippen molar-refractivity contribution in [2.24, 2.45) is 0 Å². The zero-order chi connectivity index (χ0) is 13.7. The molecule has 0 unspecified atom stereocenters. The Balaban J connectivity index is 2.06. The van der Waals surface area contributed by atoms with Crippen molar-refractivity contribution in [3.8, 4) is 18.1 Å². The molecule has 19 heavy (non-hydrogen) atoms. The summed E-state index contributed by atoms with van der Waals surface area (Å²) in [6, 6.07) is 5.54. The van der Waals surface area contributed by atoms with Gasteiger partial charge in [-0.05, 0) is 24.5 Å². The number of nitrogens with one attached hydrogen (secondary N) is 1. The first-order valence-corrected chi connectivity index (χ1v) is 6.27. The first kappa shape index (κ1) is 13.4. The van der Waals surface area contributed by atoms with Crippen molar-refractivity contribution in [1.82, 2.24) is 5.32 Å². The molecule has 0 aliphatic heterocycles. The molecule has 1 aliphatic rings. The van der Waals surface area contributed by atoms with Crippen LogP contribution in [0.2, 0.25) is 0 Å². The molecule has 1 aromatic rings. The predicted molar refractivity (Wildman–Crippen MR) is 71.9 cm³/mol. The smallest absolute Gasteiger partial charge is 0.310 e. The number of nitrogens with zero attached hydrogens (tertiary/aromatic N) is 1. The summed E-state index contributed by atoms with van der Waals surface area (Å²) in [5.41, 5.74) is 0.959. The van der Waals surface area contributed by atoms with Gasteiger partial charge in [-0.25, -0.2) is 0 Å². The van der Waals surface area contributed by atoms with Gasteiger partial charge >= 0.3 is 5.69 Å². The largest absolute Gasteiger partial charge is 0.486 e. The van der Waals surface area contributed by atoms with Crippen molar-refractivity contribution in [2.75, 3.05) is 6.61 Å². The van der Waals surface area contributed by atoms with E-state index in [1.807, 2.05) is 0 Å². The molecule has 100 valence electrons. The second-order valence-corrected chi connectivity index (χ2v) is 4.52. The standard InChI is InChI=1S/C14H16N2O3/c1-2-3-8-19-14-9-11(10-15-12-5-6-12)4-7-13(14)16(17)18/h1,4,7,9,12,15H,3,5-6,8,10H2. The molecule has 2 rings (SSSR count). The third kappa shape index (κ3) is 3.97. The Kier molecular flexibility index (Phi) is 4.37. The van der Waals surface area contributed by atoms with Crippen molar-refractivity contribution in [1.29, 1.82) is 0 Å². The van der Waals surface area contributed by atoms with Crippen LogP contribution in [0.4, 0.5) is 5.69 Å². The number of terminal acetylenes is 1. The summed E-state index contributed by atoms with van der Waals surface area (Å²) in [4.78, 5) is 10.5. The lowest BCUT2D eigenvalue weighted by atomic mass is 10.2. The molecule has 0 amide bonds. The molecule has 1 aliphatic carbocycles. The fourth-order valence-electron chi connectivity index (χ4n) is 1.70. The number of ether oxygens (including phenoxy) is 1. The molecule has 0 saturated heterocycles. The molecule has 0 radical (unpaired) electrons. The number of hydrogen-bond acceptors (Lipinski definition) is 4. The fraction of sp³-hybridized carbons (Fsp3) is 0.429. The first-order chi connectivity index (χ1) is 9.20. The summed E-state index contributed by atoms with van der Waals surface area (Å²) >= 11 is 0. The van der Waals surface area contributed by atoms with Crippen molar-refractivity contribution in [3.63, 3.8) is 0 Å². The molecule has 1 N–H and O–H groups in total. The normalized spacial score (nSPS) is 13.8. The van der Waals surface area contributed by atoms with Crippen LogP contribution < -0.4 is 10.1 Å². The zero-order valence-corrected chi connectivity index (χ0v) is 10.6. The molecule has 5 nitrogen and oxygen atoms in total. The van der Waals surface area contributed by atoms with Crippen LogP contribution in [0, 0.1) is 22.5 Å². The van der Waals surface area contributed by atoms with Gasteiger partial charge in [0.1, 0.15) is 0 Å². The quantitative estimate of drug-likeness (QED) is 0.353. The van der Waals surface area contributed by atoms with Gasteiger partial charge in [0, 0.05) is 25.1 Å². The van der Waals surface area contributed by atoms with Gasteiger partial charge in [0.05, 0.1) is 11.5 Å². The van der Waals surface area contributed by atoms with E-state index in [2.05, 4.69) is 11.2 Å². The van der Waals surface area contributed by atoms with Crippen molar-refractivity contribution < 1.29 is 9.66 Å². The summed E-state index contributed by atoms with van der Waals surface area (Å²) < 4.78 is 5.39. The highest BCUT2D eigenvalue weighted by atomic mass is 16.6. The third-order valence-electron chi connectivity index (χ3n) is 2.90. The average Bonchev–Trinajstić information content (AvgIpc) is 3.20. The van der Waals surface area contributed by atoms with E-state index in [0.717, 1.165) is 5.56 Å². The van der Waals surface area contributed by atoms with Gasteiger partial charge in [0.15, 0.2) is 5.75 Å². The van der Waals surface area contributed by atoms with Crippen molar-refractivity contribution in [3.05, 3.63) is 33.9 Å². The van der Waals surface area contributed by atoms with E-state index in [1.165, 1.54) is 18.9 Å². The molecule has 0 bridgehead atoms. The van der Waals surface area contributed by atoms with Gasteiger partial charge < -0.3 is 10.1 Å². The van der Waals surface area contributed by atoms with E-state index in [1.54, 1.807) is 12.1 Å². The highest BCUT2D eigenvalue weighted by Gasteiger charge is 2.21. The summed E-state index contributed by atoms with van der Waals surface area (Å²) in [7, 11) is 0. The van der Waals surface area contributed by atoms with Crippen LogP contribution >= 0.6 is 0 Å². The lowest BCUT2D eigenvalue weighted by Crippen LogP contribution is -2.15. The zero-order valence-electron chi connectivity index (χ0n) is 10.6. The summed E-state index contributed by atoms with van der Waals surface area (Å²) in [5, 5.41) is 14.3.